The topological polar surface area (TPSA) is 70.2 Å². The van der Waals surface area contributed by atoms with Crippen LogP contribution in [0.2, 0.25) is 0 Å². The molecule has 0 aliphatic heterocycles. The number of carbonyl (C=O) groups is 2. The lowest BCUT2D eigenvalue weighted by molar-refractivity contribution is -0.122. The van der Waals surface area contributed by atoms with Crippen molar-refractivity contribution in [2.75, 3.05) is 18.9 Å². The van der Waals surface area contributed by atoms with Crippen molar-refractivity contribution in [2.24, 2.45) is 0 Å². The summed E-state index contributed by atoms with van der Waals surface area (Å²) in [6, 6.07) is 5.14. The molecule has 0 fully saturated rings. The van der Waals surface area contributed by atoms with Crippen LogP contribution in [0.5, 0.6) is 0 Å². The van der Waals surface area contributed by atoms with Crippen molar-refractivity contribution in [3.05, 3.63) is 30.1 Å². The van der Waals surface area contributed by atoms with Gasteiger partial charge in [-0.25, -0.2) is 4.39 Å². The third kappa shape index (κ3) is 4.50. The average Bonchev–Trinajstić information content (AvgIpc) is 2.35. The molecule has 0 radical (unpaired) electrons. The Morgan fingerprint density at radius 2 is 2.11 bits per heavy atom. The van der Waals surface area contributed by atoms with E-state index < -0.39 is 11.9 Å². The van der Waals surface area contributed by atoms with E-state index in [1.54, 1.807) is 13.0 Å². The number of amides is 2. The summed E-state index contributed by atoms with van der Waals surface area (Å²) in [5.41, 5.74) is 0.384. The Balaban J connectivity index is 2.41. The predicted octanol–water partition coefficient (Wildman–Crippen LogP) is 0.488. The number of hydrogen-bond acceptors (Lipinski definition) is 3. The first kappa shape index (κ1) is 14.1. The molecule has 2 amide bonds. The van der Waals surface area contributed by atoms with E-state index in [0.717, 1.165) is 0 Å². The van der Waals surface area contributed by atoms with Crippen molar-refractivity contribution >= 4 is 17.5 Å². The van der Waals surface area contributed by atoms with E-state index in [9.17, 15) is 14.0 Å². The summed E-state index contributed by atoms with van der Waals surface area (Å²) < 4.78 is 12.9. The van der Waals surface area contributed by atoms with Gasteiger partial charge in [0.15, 0.2) is 0 Å². The number of halogens is 1. The third-order valence-electron chi connectivity index (χ3n) is 2.32. The van der Waals surface area contributed by atoms with Gasteiger partial charge in [0.05, 0.1) is 12.6 Å². The maximum Gasteiger partial charge on any atom is 0.238 e. The maximum absolute atomic E-state index is 12.9. The lowest BCUT2D eigenvalue weighted by atomic mass is 10.3. The number of benzene rings is 1. The van der Waals surface area contributed by atoms with Crippen molar-refractivity contribution < 1.29 is 14.0 Å². The molecule has 1 atom stereocenters. The number of nitrogens with one attached hydrogen (secondary N) is 3. The van der Waals surface area contributed by atoms with Crippen molar-refractivity contribution in [3.63, 3.8) is 0 Å². The molecule has 1 unspecified atom stereocenters. The van der Waals surface area contributed by atoms with Crippen LogP contribution in [0.3, 0.4) is 0 Å². The van der Waals surface area contributed by atoms with E-state index in [1.807, 2.05) is 0 Å². The minimum absolute atomic E-state index is 0.0227. The first-order chi connectivity index (χ1) is 8.52. The molecule has 0 spiro atoms. The lowest BCUT2D eigenvalue weighted by Crippen LogP contribution is -2.43. The molecule has 5 nitrogen and oxygen atoms in total. The van der Waals surface area contributed by atoms with Crippen molar-refractivity contribution in [3.8, 4) is 0 Å². The maximum atomic E-state index is 12.9. The van der Waals surface area contributed by atoms with E-state index in [4.69, 9.17) is 0 Å². The van der Waals surface area contributed by atoms with Crippen LogP contribution in [0.15, 0.2) is 24.3 Å². The minimum Gasteiger partial charge on any atom is -0.358 e. The van der Waals surface area contributed by atoms with Crippen LogP contribution in [0, 0.1) is 5.82 Å². The van der Waals surface area contributed by atoms with Crippen LogP contribution in [0.25, 0.3) is 0 Å². The van der Waals surface area contributed by atoms with Crippen LogP contribution < -0.4 is 16.0 Å². The number of carbonyl (C=O) groups excluding carboxylic acids is 2. The van der Waals surface area contributed by atoms with Gasteiger partial charge in [-0.2, -0.15) is 0 Å². The predicted molar refractivity (Wildman–Crippen MR) is 66.6 cm³/mol. The van der Waals surface area contributed by atoms with Crippen LogP contribution >= 0.6 is 0 Å². The van der Waals surface area contributed by atoms with Crippen LogP contribution in [0.1, 0.15) is 6.92 Å². The van der Waals surface area contributed by atoms with Crippen molar-refractivity contribution in [1.82, 2.24) is 10.6 Å². The number of likely N-dealkylation sites (N-methyl/N-ethyl adjacent to an activating group) is 1. The number of hydrogen-bond donors (Lipinski definition) is 3. The lowest BCUT2D eigenvalue weighted by Gasteiger charge is -2.12. The second kappa shape index (κ2) is 6.70. The summed E-state index contributed by atoms with van der Waals surface area (Å²) in [5.74, 6) is -0.954. The molecule has 0 heterocycles. The first-order valence-corrected chi connectivity index (χ1v) is 5.53. The zero-order valence-corrected chi connectivity index (χ0v) is 10.3. The van der Waals surface area contributed by atoms with Gasteiger partial charge in [0.25, 0.3) is 0 Å². The molecule has 98 valence electrons. The fourth-order valence-corrected chi connectivity index (χ4v) is 1.33. The highest BCUT2D eigenvalue weighted by atomic mass is 19.1. The number of rotatable bonds is 5. The molecule has 6 heteroatoms. The first-order valence-electron chi connectivity index (χ1n) is 5.53. The van der Waals surface area contributed by atoms with E-state index in [2.05, 4.69) is 16.0 Å². The van der Waals surface area contributed by atoms with Gasteiger partial charge in [0.2, 0.25) is 11.8 Å². The fourth-order valence-electron chi connectivity index (χ4n) is 1.33. The SMILES string of the molecule is CNC(=O)C(C)NCC(=O)Nc1cccc(F)c1. The average molecular weight is 253 g/mol. The van der Waals surface area contributed by atoms with Crippen LogP contribution in [0.4, 0.5) is 10.1 Å². The molecule has 1 aromatic rings. The standard InChI is InChI=1S/C12H16FN3O2/c1-8(12(18)14-2)15-7-11(17)16-10-5-3-4-9(13)6-10/h3-6,8,15H,7H2,1-2H3,(H,14,18)(H,16,17). The summed E-state index contributed by atoms with van der Waals surface area (Å²) in [6.07, 6.45) is 0. The summed E-state index contributed by atoms with van der Waals surface area (Å²) >= 11 is 0. The molecule has 0 aliphatic carbocycles. The molecular formula is C12H16FN3O2. The second-order valence-corrected chi connectivity index (χ2v) is 3.78. The molecule has 0 saturated carbocycles. The second-order valence-electron chi connectivity index (χ2n) is 3.78. The number of anilines is 1. The molecule has 3 N–H and O–H groups in total. The molecule has 0 aliphatic rings. The molecule has 1 aromatic carbocycles. The van der Waals surface area contributed by atoms with Gasteiger partial charge >= 0.3 is 0 Å². The monoisotopic (exact) mass is 253 g/mol. The smallest absolute Gasteiger partial charge is 0.238 e. The summed E-state index contributed by atoms with van der Waals surface area (Å²) in [5, 5.41) is 7.73. The highest BCUT2D eigenvalue weighted by Gasteiger charge is 2.11. The molecule has 0 bridgehead atoms. The third-order valence-corrected chi connectivity index (χ3v) is 2.32. The van der Waals surface area contributed by atoms with E-state index in [1.165, 1.54) is 25.2 Å². The Morgan fingerprint density at radius 3 is 2.72 bits per heavy atom. The van der Waals surface area contributed by atoms with E-state index in [-0.39, 0.29) is 18.4 Å². The van der Waals surface area contributed by atoms with Gasteiger partial charge < -0.3 is 10.6 Å². The fraction of sp³-hybridized carbons (Fsp3) is 0.333. The molecular weight excluding hydrogens is 237 g/mol. The normalized spacial score (nSPS) is 11.7. The van der Waals surface area contributed by atoms with Gasteiger partial charge in [0.1, 0.15) is 5.82 Å². The quantitative estimate of drug-likeness (QED) is 0.715. The van der Waals surface area contributed by atoms with Gasteiger partial charge in [0, 0.05) is 12.7 Å². The molecule has 0 saturated heterocycles. The van der Waals surface area contributed by atoms with E-state index >= 15 is 0 Å². The summed E-state index contributed by atoms with van der Waals surface area (Å²) in [7, 11) is 1.52. The van der Waals surface area contributed by atoms with Gasteiger partial charge in [-0.15, -0.1) is 0 Å². The van der Waals surface area contributed by atoms with Crippen molar-refractivity contribution in [1.29, 1.82) is 0 Å². The highest BCUT2D eigenvalue weighted by molar-refractivity contribution is 5.92. The van der Waals surface area contributed by atoms with Gasteiger partial charge in [-0.05, 0) is 25.1 Å². The Kier molecular flexibility index (Phi) is 5.26. The van der Waals surface area contributed by atoms with Crippen LogP contribution in [-0.2, 0) is 9.59 Å². The summed E-state index contributed by atoms with van der Waals surface area (Å²) in [4.78, 5) is 22.7. The van der Waals surface area contributed by atoms with E-state index in [0.29, 0.717) is 5.69 Å². The Morgan fingerprint density at radius 1 is 1.39 bits per heavy atom. The van der Waals surface area contributed by atoms with Gasteiger partial charge in [-0.1, -0.05) is 6.07 Å². The Bertz CT molecular complexity index is 437. The van der Waals surface area contributed by atoms with Crippen molar-refractivity contribution in [2.45, 2.75) is 13.0 Å². The molecule has 0 aromatic heterocycles. The Hall–Kier alpha value is -1.95. The van der Waals surface area contributed by atoms with Crippen LogP contribution in [-0.4, -0.2) is 31.4 Å². The van der Waals surface area contributed by atoms with Gasteiger partial charge in [-0.3, -0.25) is 14.9 Å². The minimum atomic E-state index is -0.465. The molecule has 1 rings (SSSR count). The highest BCUT2D eigenvalue weighted by Crippen LogP contribution is 2.08. The molecule has 18 heavy (non-hydrogen) atoms. The summed E-state index contributed by atoms with van der Waals surface area (Å²) in [6.45, 7) is 1.62. The largest absolute Gasteiger partial charge is 0.358 e. The Labute approximate surface area is 105 Å². The zero-order chi connectivity index (χ0) is 13.5. The zero-order valence-electron chi connectivity index (χ0n) is 10.3.